The van der Waals surface area contributed by atoms with Crippen LogP contribution in [-0.4, -0.2) is 19.6 Å². The molecule has 0 spiro atoms. The minimum Gasteiger partial charge on any atom is -0.493 e. The first kappa shape index (κ1) is 18.4. The molecule has 2 aromatic rings. The Bertz CT molecular complexity index is 841. The molecule has 1 amide bonds. The van der Waals surface area contributed by atoms with Crippen LogP contribution < -0.4 is 14.8 Å². The van der Waals surface area contributed by atoms with Crippen LogP contribution in [0.2, 0.25) is 5.02 Å². The van der Waals surface area contributed by atoms with Crippen molar-refractivity contribution in [3.05, 3.63) is 58.6 Å². The maximum absolute atomic E-state index is 12.3. The first-order chi connectivity index (χ1) is 12.1. The van der Waals surface area contributed by atoms with Crippen molar-refractivity contribution >= 4 is 29.3 Å². The maximum atomic E-state index is 12.3. The molecule has 2 rings (SSSR count). The van der Waals surface area contributed by atoms with Crippen LogP contribution in [0.15, 0.2) is 48.0 Å². The van der Waals surface area contributed by atoms with Crippen molar-refractivity contribution in [2.24, 2.45) is 0 Å². The fraction of sp³-hybridized carbons (Fsp3) is 0.158. The second kappa shape index (κ2) is 8.76. The summed E-state index contributed by atoms with van der Waals surface area (Å²) in [6, 6.07) is 13.8. The van der Waals surface area contributed by atoms with Gasteiger partial charge in [0.2, 0.25) is 0 Å². The van der Waals surface area contributed by atoms with Crippen LogP contribution in [0.1, 0.15) is 12.5 Å². The van der Waals surface area contributed by atoms with Gasteiger partial charge in [-0.3, -0.25) is 4.79 Å². The maximum Gasteiger partial charge on any atom is 0.266 e. The van der Waals surface area contributed by atoms with E-state index >= 15 is 0 Å². The average molecular weight is 357 g/mol. The number of hydrogen-bond donors (Lipinski definition) is 1. The fourth-order valence-electron chi connectivity index (χ4n) is 2.13. The lowest BCUT2D eigenvalue weighted by Crippen LogP contribution is -2.13. The number of carbonyl (C=O) groups is 1. The van der Waals surface area contributed by atoms with E-state index in [0.29, 0.717) is 34.4 Å². The number of benzene rings is 2. The zero-order valence-electron chi connectivity index (χ0n) is 13.9. The van der Waals surface area contributed by atoms with Crippen molar-refractivity contribution in [1.82, 2.24) is 0 Å². The van der Waals surface area contributed by atoms with Gasteiger partial charge in [-0.1, -0.05) is 23.7 Å². The second-order valence-electron chi connectivity index (χ2n) is 4.98. The summed E-state index contributed by atoms with van der Waals surface area (Å²) in [5.41, 5.74) is 1.14. The van der Waals surface area contributed by atoms with Gasteiger partial charge in [-0.2, -0.15) is 5.26 Å². The second-order valence-corrected chi connectivity index (χ2v) is 5.41. The number of anilines is 1. The molecule has 5 nitrogen and oxygen atoms in total. The highest BCUT2D eigenvalue weighted by molar-refractivity contribution is 6.31. The van der Waals surface area contributed by atoms with E-state index in [2.05, 4.69) is 5.32 Å². The van der Waals surface area contributed by atoms with Crippen molar-refractivity contribution in [2.45, 2.75) is 6.92 Å². The van der Waals surface area contributed by atoms with Crippen molar-refractivity contribution in [1.29, 1.82) is 5.26 Å². The Morgan fingerprint density at radius 1 is 1.28 bits per heavy atom. The Morgan fingerprint density at radius 2 is 2.08 bits per heavy atom. The topological polar surface area (TPSA) is 71.3 Å². The van der Waals surface area contributed by atoms with E-state index in [-0.39, 0.29) is 5.57 Å². The first-order valence-electron chi connectivity index (χ1n) is 7.57. The van der Waals surface area contributed by atoms with E-state index in [1.165, 1.54) is 6.08 Å². The molecule has 2 aromatic carbocycles. The Morgan fingerprint density at radius 3 is 2.72 bits per heavy atom. The molecular formula is C19H17ClN2O3. The number of ether oxygens (including phenoxy) is 2. The van der Waals surface area contributed by atoms with Gasteiger partial charge in [-0.15, -0.1) is 0 Å². The summed E-state index contributed by atoms with van der Waals surface area (Å²) in [6.45, 7) is 2.34. The first-order valence-corrected chi connectivity index (χ1v) is 7.94. The lowest BCUT2D eigenvalue weighted by atomic mass is 10.1. The number of nitrogens with one attached hydrogen (secondary N) is 1. The van der Waals surface area contributed by atoms with Gasteiger partial charge in [0.1, 0.15) is 11.6 Å². The Balaban J connectivity index is 2.26. The SMILES string of the molecule is CCOc1cc(/C=C(\C#N)C(=O)Nc2cccc(Cl)c2)ccc1OC. The standard InChI is InChI=1S/C19H17ClN2O3/c1-3-25-18-10-13(7-8-17(18)24-2)9-14(12-21)19(23)22-16-6-4-5-15(20)11-16/h4-11H,3H2,1-2H3,(H,22,23)/b14-9+. The number of carbonyl (C=O) groups excluding carboxylic acids is 1. The normalized spacial score (nSPS) is 10.7. The molecule has 0 heterocycles. The smallest absolute Gasteiger partial charge is 0.266 e. The molecule has 0 fully saturated rings. The summed E-state index contributed by atoms with van der Waals surface area (Å²) < 4.78 is 10.7. The third kappa shape index (κ3) is 5.00. The van der Waals surface area contributed by atoms with Gasteiger partial charge in [0.25, 0.3) is 5.91 Å². The summed E-state index contributed by atoms with van der Waals surface area (Å²) in [7, 11) is 1.55. The van der Waals surface area contributed by atoms with E-state index in [4.69, 9.17) is 21.1 Å². The molecule has 0 unspecified atom stereocenters. The average Bonchev–Trinajstić information content (AvgIpc) is 2.60. The van der Waals surface area contributed by atoms with Crippen LogP contribution in [0, 0.1) is 11.3 Å². The summed E-state index contributed by atoms with van der Waals surface area (Å²) in [5.74, 6) is 0.616. The van der Waals surface area contributed by atoms with Crippen molar-refractivity contribution < 1.29 is 14.3 Å². The lowest BCUT2D eigenvalue weighted by Gasteiger charge is -2.10. The summed E-state index contributed by atoms with van der Waals surface area (Å²) in [6.07, 6.45) is 1.49. The van der Waals surface area contributed by atoms with E-state index in [1.54, 1.807) is 49.6 Å². The van der Waals surface area contributed by atoms with Gasteiger partial charge in [-0.05, 0) is 48.9 Å². The minimum absolute atomic E-state index is 0.0346. The minimum atomic E-state index is -0.515. The van der Waals surface area contributed by atoms with Gasteiger partial charge >= 0.3 is 0 Å². The number of nitrogens with zero attached hydrogens (tertiary/aromatic N) is 1. The largest absolute Gasteiger partial charge is 0.493 e. The van der Waals surface area contributed by atoms with E-state index in [9.17, 15) is 10.1 Å². The van der Waals surface area contributed by atoms with E-state index < -0.39 is 5.91 Å². The predicted octanol–water partition coefficient (Wildman–Crippen LogP) is 4.29. The van der Waals surface area contributed by atoms with Crippen molar-refractivity contribution in [3.8, 4) is 17.6 Å². The zero-order valence-corrected chi connectivity index (χ0v) is 14.6. The highest BCUT2D eigenvalue weighted by Gasteiger charge is 2.11. The number of rotatable bonds is 6. The molecule has 0 aliphatic rings. The zero-order chi connectivity index (χ0) is 18.2. The number of methoxy groups -OCH3 is 1. The molecule has 6 heteroatoms. The fourth-order valence-corrected chi connectivity index (χ4v) is 2.32. The van der Waals surface area contributed by atoms with Crippen LogP contribution in [-0.2, 0) is 4.79 Å². The number of amides is 1. The molecule has 25 heavy (non-hydrogen) atoms. The molecule has 0 saturated heterocycles. The van der Waals surface area contributed by atoms with Crippen molar-refractivity contribution in [3.63, 3.8) is 0 Å². The van der Waals surface area contributed by atoms with Crippen LogP contribution in [0.25, 0.3) is 6.08 Å². The summed E-state index contributed by atoms with van der Waals surface area (Å²) in [4.78, 5) is 12.3. The predicted molar refractivity (Wildman–Crippen MR) is 97.8 cm³/mol. The van der Waals surface area contributed by atoms with Crippen molar-refractivity contribution in [2.75, 3.05) is 19.0 Å². The summed E-state index contributed by atoms with van der Waals surface area (Å²) in [5, 5.41) is 12.4. The summed E-state index contributed by atoms with van der Waals surface area (Å²) >= 11 is 5.89. The van der Waals surface area contributed by atoms with Crippen LogP contribution in [0.5, 0.6) is 11.5 Å². The monoisotopic (exact) mass is 356 g/mol. The number of nitriles is 1. The van der Waals surface area contributed by atoms with Crippen LogP contribution in [0.4, 0.5) is 5.69 Å². The Labute approximate surface area is 151 Å². The highest BCUT2D eigenvalue weighted by atomic mass is 35.5. The third-order valence-corrected chi connectivity index (χ3v) is 3.48. The van der Waals surface area contributed by atoms with Gasteiger partial charge in [0.05, 0.1) is 13.7 Å². The Kier molecular flexibility index (Phi) is 6.44. The van der Waals surface area contributed by atoms with Gasteiger partial charge in [0.15, 0.2) is 11.5 Å². The highest BCUT2D eigenvalue weighted by Crippen LogP contribution is 2.29. The van der Waals surface area contributed by atoms with Gasteiger partial charge in [0, 0.05) is 10.7 Å². The van der Waals surface area contributed by atoms with Crippen LogP contribution >= 0.6 is 11.6 Å². The molecule has 128 valence electrons. The van der Waals surface area contributed by atoms with Gasteiger partial charge in [-0.25, -0.2) is 0 Å². The molecule has 0 aromatic heterocycles. The molecule has 0 aliphatic heterocycles. The molecule has 0 aliphatic carbocycles. The molecule has 0 saturated carbocycles. The van der Waals surface area contributed by atoms with E-state index in [0.717, 1.165) is 0 Å². The molecule has 0 atom stereocenters. The van der Waals surface area contributed by atoms with E-state index in [1.807, 2.05) is 13.0 Å². The third-order valence-electron chi connectivity index (χ3n) is 3.25. The molecular weight excluding hydrogens is 340 g/mol. The van der Waals surface area contributed by atoms with Crippen LogP contribution in [0.3, 0.4) is 0 Å². The molecule has 0 radical (unpaired) electrons. The quantitative estimate of drug-likeness (QED) is 0.619. The van der Waals surface area contributed by atoms with Gasteiger partial charge < -0.3 is 14.8 Å². The number of hydrogen-bond acceptors (Lipinski definition) is 4. The molecule has 1 N–H and O–H groups in total. The Hall–Kier alpha value is -2.97. The molecule has 0 bridgehead atoms. The number of halogens is 1. The lowest BCUT2D eigenvalue weighted by molar-refractivity contribution is -0.112.